The third kappa shape index (κ3) is 2.42. The summed E-state index contributed by atoms with van der Waals surface area (Å²) in [6.45, 7) is 0.639. The molecule has 0 radical (unpaired) electrons. The van der Waals surface area contributed by atoms with Crippen molar-refractivity contribution in [3.63, 3.8) is 0 Å². The first-order chi connectivity index (χ1) is 9.24. The molecule has 2 nitrogen and oxygen atoms in total. The lowest BCUT2D eigenvalue weighted by molar-refractivity contribution is 0.628. The van der Waals surface area contributed by atoms with Crippen molar-refractivity contribution in [2.75, 3.05) is 5.32 Å². The summed E-state index contributed by atoms with van der Waals surface area (Å²) in [4.78, 5) is 3.17. The molecule has 2 N–H and O–H groups in total. The summed E-state index contributed by atoms with van der Waals surface area (Å²) in [6.07, 6.45) is 1.92. The van der Waals surface area contributed by atoms with E-state index >= 15 is 0 Å². The van der Waals surface area contributed by atoms with Crippen LogP contribution in [0.5, 0.6) is 0 Å². The Kier molecular flexibility index (Phi) is 3.13. The third-order valence-electron chi connectivity index (χ3n) is 3.09. The Hall–Kier alpha value is -2.00. The number of aromatic amines is 1. The lowest BCUT2D eigenvalue weighted by atomic mass is 10.1. The number of anilines is 1. The molecule has 0 unspecified atom stereocenters. The average Bonchev–Trinajstić information content (AvgIpc) is 2.86. The fourth-order valence-electron chi connectivity index (χ4n) is 2.13. The largest absolute Gasteiger partial charge is 0.380 e. The third-order valence-corrected chi connectivity index (χ3v) is 3.40. The van der Waals surface area contributed by atoms with Crippen LogP contribution in [0.25, 0.3) is 10.9 Å². The van der Waals surface area contributed by atoms with Crippen LogP contribution in [0.15, 0.2) is 48.7 Å². The van der Waals surface area contributed by atoms with E-state index in [9.17, 15) is 4.39 Å². The molecule has 3 rings (SSSR count). The van der Waals surface area contributed by atoms with E-state index in [4.69, 9.17) is 11.6 Å². The number of aromatic nitrogens is 1. The fourth-order valence-corrected chi connectivity index (χ4v) is 2.36. The zero-order chi connectivity index (χ0) is 13.2. The van der Waals surface area contributed by atoms with Gasteiger partial charge in [-0.15, -0.1) is 0 Å². The van der Waals surface area contributed by atoms with Gasteiger partial charge in [0, 0.05) is 23.6 Å². The zero-order valence-electron chi connectivity index (χ0n) is 10.1. The molecule has 0 atom stereocenters. The predicted molar refractivity (Wildman–Crippen MR) is 77.0 cm³/mol. The van der Waals surface area contributed by atoms with Gasteiger partial charge < -0.3 is 10.3 Å². The Morgan fingerprint density at radius 3 is 2.89 bits per heavy atom. The van der Waals surface area contributed by atoms with Crippen molar-refractivity contribution in [2.24, 2.45) is 0 Å². The maximum Gasteiger partial charge on any atom is 0.124 e. The number of hydrogen-bond donors (Lipinski definition) is 2. The van der Waals surface area contributed by atoms with Crippen LogP contribution in [0, 0.1) is 5.82 Å². The van der Waals surface area contributed by atoms with E-state index in [1.807, 2.05) is 24.4 Å². The van der Waals surface area contributed by atoms with Gasteiger partial charge in [-0.1, -0.05) is 23.7 Å². The molecule has 1 heterocycles. The van der Waals surface area contributed by atoms with Crippen molar-refractivity contribution >= 4 is 28.2 Å². The zero-order valence-corrected chi connectivity index (χ0v) is 10.8. The molecule has 19 heavy (non-hydrogen) atoms. The van der Waals surface area contributed by atoms with Crippen molar-refractivity contribution in [1.29, 1.82) is 0 Å². The number of nitrogens with one attached hydrogen (secondary N) is 2. The summed E-state index contributed by atoms with van der Waals surface area (Å²) in [5, 5.41) is 4.79. The lowest BCUT2D eigenvalue weighted by Crippen LogP contribution is -2.00. The molecule has 0 aliphatic heterocycles. The Bertz CT molecular complexity index is 721. The molecule has 0 bridgehead atoms. The summed E-state index contributed by atoms with van der Waals surface area (Å²) >= 11 is 5.98. The van der Waals surface area contributed by atoms with E-state index in [1.165, 1.54) is 23.1 Å². The van der Waals surface area contributed by atoms with Gasteiger partial charge in [-0.05, 0) is 35.9 Å². The number of hydrogen-bond acceptors (Lipinski definition) is 1. The van der Waals surface area contributed by atoms with Crippen LogP contribution in [0.1, 0.15) is 5.56 Å². The Balaban J connectivity index is 1.84. The first-order valence-electron chi connectivity index (χ1n) is 5.98. The number of rotatable bonds is 3. The second-order valence-corrected chi connectivity index (χ2v) is 4.74. The van der Waals surface area contributed by atoms with Crippen molar-refractivity contribution in [3.05, 3.63) is 65.1 Å². The molecule has 1 aromatic heterocycles. The Labute approximate surface area is 115 Å². The van der Waals surface area contributed by atoms with Crippen LogP contribution in [0.2, 0.25) is 5.02 Å². The minimum atomic E-state index is -0.330. The molecule has 96 valence electrons. The molecule has 0 saturated heterocycles. The molecule has 2 aromatic carbocycles. The van der Waals surface area contributed by atoms with E-state index in [1.54, 1.807) is 6.07 Å². The second-order valence-electron chi connectivity index (χ2n) is 4.33. The van der Waals surface area contributed by atoms with Gasteiger partial charge in [-0.2, -0.15) is 0 Å². The molecule has 3 aromatic rings. The Morgan fingerprint density at radius 2 is 2.05 bits per heavy atom. The first-order valence-corrected chi connectivity index (χ1v) is 6.36. The van der Waals surface area contributed by atoms with Crippen molar-refractivity contribution in [2.45, 2.75) is 6.54 Å². The highest BCUT2D eigenvalue weighted by molar-refractivity contribution is 6.33. The average molecular weight is 275 g/mol. The first kappa shape index (κ1) is 12.1. The van der Waals surface area contributed by atoms with Crippen LogP contribution in [0.4, 0.5) is 10.1 Å². The summed E-state index contributed by atoms with van der Waals surface area (Å²) in [5.74, 6) is -0.330. The number of halogens is 2. The molecular formula is C15H12ClFN2. The SMILES string of the molecule is Fc1ccc(NCc2cccc3[nH]ccc23)c(Cl)c1. The summed E-state index contributed by atoms with van der Waals surface area (Å²) in [6, 6.07) is 12.5. The predicted octanol–water partition coefficient (Wildman–Crippen LogP) is 4.57. The van der Waals surface area contributed by atoms with Gasteiger partial charge in [-0.3, -0.25) is 0 Å². The summed E-state index contributed by atoms with van der Waals surface area (Å²) in [7, 11) is 0. The monoisotopic (exact) mass is 274 g/mol. The highest BCUT2D eigenvalue weighted by Gasteiger charge is 2.04. The van der Waals surface area contributed by atoms with E-state index in [0.717, 1.165) is 11.2 Å². The van der Waals surface area contributed by atoms with Crippen LogP contribution >= 0.6 is 11.6 Å². The van der Waals surface area contributed by atoms with Gasteiger partial charge in [0.15, 0.2) is 0 Å². The standard InChI is InChI=1S/C15H12ClFN2/c16-13-8-11(17)4-5-15(13)19-9-10-2-1-3-14-12(10)6-7-18-14/h1-8,18-19H,9H2. The molecule has 0 aliphatic carbocycles. The van der Waals surface area contributed by atoms with E-state index < -0.39 is 0 Å². The second kappa shape index (κ2) is 4.94. The minimum absolute atomic E-state index is 0.330. The fraction of sp³-hybridized carbons (Fsp3) is 0.0667. The molecular weight excluding hydrogens is 263 g/mol. The van der Waals surface area contributed by atoms with Gasteiger partial charge in [-0.25, -0.2) is 4.39 Å². The smallest absolute Gasteiger partial charge is 0.124 e. The molecule has 0 spiro atoms. The maximum atomic E-state index is 13.0. The normalized spacial score (nSPS) is 10.8. The van der Waals surface area contributed by atoms with Gasteiger partial charge >= 0.3 is 0 Å². The minimum Gasteiger partial charge on any atom is -0.380 e. The van der Waals surface area contributed by atoms with E-state index in [0.29, 0.717) is 11.6 Å². The number of benzene rings is 2. The number of H-pyrrole nitrogens is 1. The van der Waals surface area contributed by atoms with Gasteiger partial charge in [0.25, 0.3) is 0 Å². The lowest BCUT2D eigenvalue weighted by Gasteiger charge is -2.09. The van der Waals surface area contributed by atoms with E-state index in [2.05, 4.69) is 16.4 Å². The van der Waals surface area contributed by atoms with Crippen LogP contribution in [-0.2, 0) is 6.54 Å². The van der Waals surface area contributed by atoms with Crippen molar-refractivity contribution in [1.82, 2.24) is 4.98 Å². The maximum absolute atomic E-state index is 13.0. The quantitative estimate of drug-likeness (QED) is 0.719. The summed E-state index contributed by atoms with van der Waals surface area (Å²) < 4.78 is 13.0. The summed E-state index contributed by atoms with van der Waals surface area (Å²) in [5.41, 5.74) is 3.00. The van der Waals surface area contributed by atoms with Gasteiger partial charge in [0.2, 0.25) is 0 Å². The Morgan fingerprint density at radius 1 is 1.16 bits per heavy atom. The van der Waals surface area contributed by atoms with Gasteiger partial charge in [0.05, 0.1) is 10.7 Å². The molecule has 0 fully saturated rings. The van der Waals surface area contributed by atoms with Crippen LogP contribution in [-0.4, -0.2) is 4.98 Å². The van der Waals surface area contributed by atoms with Crippen molar-refractivity contribution < 1.29 is 4.39 Å². The molecule has 4 heteroatoms. The topological polar surface area (TPSA) is 27.8 Å². The highest BCUT2D eigenvalue weighted by Crippen LogP contribution is 2.24. The molecule has 0 aliphatic rings. The van der Waals surface area contributed by atoms with Gasteiger partial charge in [0.1, 0.15) is 5.82 Å². The van der Waals surface area contributed by atoms with Crippen LogP contribution in [0.3, 0.4) is 0 Å². The van der Waals surface area contributed by atoms with Crippen LogP contribution < -0.4 is 5.32 Å². The highest BCUT2D eigenvalue weighted by atomic mass is 35.5. The van der Waals surface area contributed by atoms with E-state index in [-0.39, 0.29) is 5.82 Å². The van der Waals surface area contributed by atoms with Crippen molar-refractivity contribution in [3.8, 4) is 0 Å². The molecule has 0 amide bonds. The number of fused-ring (bicyclic) bond motifs is 1. The molecule has 0 saturated carbocycles.